The predicted molar refractivity (Wildman–Crippen MR) is 77.6 cm³/mol. The van der Waals surface area contributed by atoms with E-state index >= 15 is 0 Å². The summed E-state index contributed by atoms with van der Waals surface area (Å²) in [5.41, 5.74) is 0.414. The molecular formula is C14H25N5O. The molecule has 0 saturated carbocycles. The van der Waals surface area contributed by atoms with Crippen LogP contribution in [-0.2, 0) is 0 Å². The van der Waals surface area contributed by atoms with Gasteiger partial charge in [0.05, 0.1) is 12.2 Å². The molecule has 20 heavy (non-hydrogen) atoms. The Morgan fingerprint density at radius 2 is 2.30 bits per heavy atom. The van der Waals surface area contributed by atoms with Crippen LogP contribution < -0.4 is 10.6 Å². The Morgan fingerprint density at radius 3 is 2.95 bits per heavy atom. The molecule has 1 unspecified atom stereocenters. The molecule has 1 atom stereocenters. The highest BCUT2D eigenvalue weighted by atomic mass is 16.2. The van der Waals surface area contributed by atoms with Crippen LogP contribution in [0, 0.1) is 0 Å². The van der Waals surface area contributed by atoms with Crippen molar-refractivity contribution in [2.24, 2.45) is 0 Å². The van der Waals surface area contributed by atoms with Crippen LogP contribution >= 0.6 is 0 Å². The number of hydrogen-bond donors (Lipinski definition) is 2. The second-order valence-electron chi connectivity index (χ2n) is 5.62. The van der Waals surface area contributed by atoms with Crippen molar-refractivity contribution in [2.75, 3.05) is 13.1 Å². The molecular weight excluding hydrogens is 254 g/mol. The van der Waals surface area contributed by atoms with Gasteiger partial charge in [-0.15, -0.1) is 5.10 Å². The van der Waals surface area contributed by atoms with Crippen LogP contribution in [-0.4, -0.2) is 40.0 Å². The van der Waals surface area contributed by atoms with Crippen LogP contribution in [0.25, 0.3) is 0 Å². The van der Waals surface area contributed by atoms with Gasteiger partial charge in [-0.2, -0.15) is 0 Å². The number of rotatable bonds is 8. The second kappa shape index (κ2) is 7.38. The molecule has 2 heterocycles. The number of nitrogens with one attached hydrogen (secondary N) is 2. The van der Waals surface area contributed by atoms with Gasteiger partial charge in [-0.3, -0.25) is 4.79 Å². The van der Waals surface area contributed by atoms with Gasteiger partial charge < -0.3 is 10.6 Å². The van der Waals surface area contributed by atoms with Crippen molar-refractivity contribution in [3.8, 4) is 0 Å². The molecule has 2 rings (SSSR count). The first-order chi connectivity index (χ1) is 9.70. The van der Waals surface area contributed by atoms with Gasteiger partial charge in [-0.25, -0.2) is 4.68 Å². The van der Waals surface area contributed by atoms with E-state index < -0.39 is 0 Å². The highest BCUT2D eigenvalue weighted by Crippen LogP contribution is 2.10. The lowest BCUT2D eigenvalue weighted by Gasteiger charge is -2.26. The first kappa shape index (κ1) is 15.0. The summed E-state index contributed by atoms with van der Waals surface area (Å²) in [6, 6.07) is 0.533. The SMILES string of the molecule is CCCCCCC(C)NC(=O)c1cn(C2CNC2)nn1. The van der Waals surface area contributed by atoms with Crippen molar-refractivity contribution in [3.05, 3.63) is 11.9 Å². The summed E-state index contributed by atoms with van der Waals surface area (Å²) in [4.78, 5) is 12.0. The van der Waals surface area contributed by atoms with Crippen molar-refractivity contribution < 1.29 is 4.79 Å². The fraction of sp³-hybridized carbons (Fsp3) is 0.786. The number of nitrogens with zero attached hydrogens (tertiary/aromatic N) is 3. The number of carbonyl (C=O) groups is 1. The number of aromatic nitrogens is 3. The van der Waals surface area contributed by atoms with E-state index in [1.165, 1.54) is 19.3 Å². The van der Waals surface area contributed by atoms with Gasteiger partial charge >= 0.3 is 0 Å². The Kier molecular flexibility index (Phi) is 5.52. The third kappa shape index (κ3) is 4.03. The molecule has 1 aliphatic heterocycles. The minimum atomic E-state index is -0.119. The zero-order valence-corrected chi connectivity index (χ0v) is 12.4. The fourth-order valence-electron chi connectivity index (χ4n) is 2.27. The molecule has 1 fully saturated rings. The molecule has 0 aromatic carbocycles. The minimum absolute atomic E-state index is 0.119. The maximum Gasteiger partial charge on any atom is 0.273 e. The molecule has 0 bridgehead atoms. The molecule has 1 aromatic rings. The Hall–Kier alpha value is -1.43. The summed E-state index contributed by atoms with van der Waals surface area (Å²) < 4.78 is 1.78. The van der Waals surface area contributed by atoms with Gasteiger partial charge in [0, 0.05) is 19.1 Å². The highest BCUT2D eigenvalue weighted by Gasteiger charge is 2.22. The maximum absolute atomic E-state index is 12.0. The second-order valence-corrected chi connectivity index (χ2v) is 5.62. The third-order valence-corrected chi connectivity index (χ3v) is 3.75. The van der Waals surface area contributed by atoms with Crippen molar-refractivity contribution in [1.82, 2.24) is 25.6 Å². The summed E-state index contributed by atoms with van der Waals surface area (Å²) in [5, 5.41) is 14.1. The zero-order chi connectivity index (χ0) is 14.4. The summed E-state index contributed by atoms with van der Waals surface area (Å²) in [6.07, 6.45) is 7.67. The smallest absolute Gasteiger partial charge is 0.273 e. The van der Waals surface area contributed by atoms with Gasteiger partial charge in [0.15, 0.2) is 5.69 Å². The first-order valence-corrected chi connectivity index (χ1v) is 7.64. The van der Waals surface area contributed by atoms with Crippen LogP contribution in [0.1, 0.15) is 62.5 Å². The van der Waals surface area contributed by atoms with Gasteiger partial charge in [-0.05, 0) is 13.3 Å². The normalized spacial score (nSPS) is 16.7. The first-order valence-electron chi connectivity index (χ1n) is 7.64. The van der Waals surface area contributed by atoms with Gasteiger partial charge in [0.25, 0.3) is 5.91 Å². The lowest BCUT2D eigenvalue weighted by Crippen LogP contribution is -2.43. The van der Waals surface area contributed by atoms with E-state index in [1.54, 1.807) is 10.9 Å². The van der Waals surface area contributed by atoms with E-state index in [1.807, 2.05) is 6.92 Å². The van der Waals surface area contributed by atoms with Gasteiger partial charge in [0.2, 0.25) is 0 Å². The molecule has 1 aliphatic rings. The topological polar surface area (TPSA) is 71.8 Å². The van der Waals surface area contributed by atoms with Crippen LogP contribution in [0.4, 0.5) is 0 Å². The van der Waals surface area contributed by atoms with Crippen molar-refractivity contribution in [3.63, 3.8) is 0 Å². The van der Waals surface area contributed by atoms with Crippen molar-refractivity contribution >= 4 is 5.91 Å². The van der Waals surface area contributed by atoms with Gasteiger partial charge in [-0.1, -0.05) is 37.8 Å². The van der Waals surface area contributed by atoms with E-state index in [0.717, 1.165) is 25.9 Å². The molecule has 0 spiro atoms. The van der Waals surface area contributed by atoms with E-state index in [-0.39, 0.29) is 11.9 Å². The lowest BCUT2D eigenvalue weighted by molar-refractivity contribution is 0.0932. The monoisotopic (exact) mass is 279 g/mol. The van der Waals surface area contributed by atoms with Crippen LogP contribution in [0.5, 0.6) is 0 Å². The summed E-state index contributed by atoms with van der Waals surface area (Å²) in [5.74, 6) is -0.119. The Labute approximate surface area is 120 Å². The summed E-state index contributed by atoms with van der Waals surface area (Å²) in [7, 11) is 0. The van der Waals surface area contributed by atoms with Crippen molar-refractivity contribution in [1.29, 1.82) is 0 Å². The van der Waals surface area contributed by atoms with Crippen LogP contribution in [0.3, 0.4) is 0 Å². The Balaban J connectivity index is 1.74. The van der Waals surface area contributed by atoms with E-state index in [9.17, 15) is 4.79 Å². The quantitative estimate of drug-likeness (QED) is 0.708. The Morgan fingerprint density at radius 1 is 1.50 bits per heavy atom. The maximum atomic E-state index is 12.0. The number of hydrogen-bond acceptors (Lipinski definition) is 4. The lowest BCUT2D eigenvalue weighted by atomic mass is 10.1. The van der Waals surface area contributed by atoms with Crippen molar-refractivity contribution in [2.45, 2.75) is 58.0 Å². The van der Waals surface area contributed by atoms with E-state index in [2.05, 4.69) is 27.9 Å². The number of amides is 1. The average molecular weight is 279 g/mol. The summed E-state index contributed by atoms with van der Waals surface area (Å²) >= 11 is 0. The highest BCUT2D eigenvalue weighted by molar-refractivity contribution is 5.92. The molecule has 1 aromatic heterocycles. The van der Waals surface area contributed by atoms with Gasteiger partial charge in [0.1, 0.15) is 0 Å². The van der Waals surface area contributed by atoms with E-state index in [0.29, 0.717) is 11.7 Å². The molecule has 2 N–H and O–H groups in total. The molecule has 1 saturated heterocycles. The molecule has 1 amide bonds. The molecule has 6 heteroatoms. The largest absolute Gasteiger partial charge is 0.348 e. The number of unbranched alkanes of at least 4 members (excludes halogenated alkanes) is 3. The minimum Gasteiger partial charge on any atom is -0.348 e. The molecule has 0 radical (unpaired) electrons. The average Bonchev–Trinajstić information content (AvgIpc) is 2.82. The predicted octanol–water partition coefficient (Wildman–Crippen LogP) is 1.51. The molecule has 112 valence electrons. The molecule has 6 nitrogen and oxygen atoms in total. The van der Waals surface area contributed by atoms with Crippen LogP contribution in [0.2, 0.25) is 0 Å². The zero-order valence-electron chi connectivity index (χ0n) is 12.4. The fourth-order valence-corrected chi connectivity index (χ4v) is 2.27. The van der Waals surface area contributed by atoms with E-state index in [4.69, 9.17) is 0 Å². The molecule has 0 aliphatic carbocycles. The van der Waals surface area contributed by atoms with Crippen LogP contribution in [0.15, 0.2) is 6.20 Å². The number of carbonyl (C=O) groups excluding carboxylic acids is 1. The standard InChI is InChI=1S/C14H25N5O/c1-3-4-5-6-7-11(2)16-14(20)13-10-19(18-17-13)12-8-15-9-12/h10-12,15H,3-9H2,1-2H3,(H,16,20). The summed E-state index contributed by atoms with van der Waals surface area (Å²) in [6.45, 7) is 6.05. The third-order valence-electron chi connectivity index (χ3n) is 3.75. The Bertz CT molecular complexity index is 427.